The van der Waals surface area contributed by atoms with Crippen molar-refractivity contribution in [3.05, 3.63) is 0 Å². The first-order valence-electron chi connectivity index (χ1n) is 6.48. The summed E-state index contributed by atoms with van der Waals surface area (Å²) in [5.41, 5.74) is 0. The Balaban J connectivity index is 2.46. The Bertz CT molecular complexity index is 296. The number of likely N-dealkylation sites (tertiary alicyclic amines) is 1. The minimum absolute atomic E-state index is 0.0596. The number of amides is 2. The molecule has 0 aromatic heterocycles. The van der Waals surface area contributed by atoms with E-state index in [1.165, 1.54) is 0 Å². The molecule has 1 rings (SSSR count). The van der Waals surface area contributed by atoms with Gasteiger partial charge in [-0.3, -0.25) is 4.79 Å². The van der Waals surface area contributed by atoms with Crippen LogP contribution in [0.5, 0.6) is 0 Å². The molecule has 1 aliphatic heterocycles. The van der Waals surface area contributed by atoms with Crippen molar-refractivity contribution < 1.29 is 19.8 Å². The lowest BCUT2D eigenvalue weighted by Gasteiger charge is -2.31. The van der Waals surface area contributed by atoms with Gasteiger partial charge in [-0.15, -0.1) is 0 Å². The van der Waals surface area contributed by atoms with E-state index in [1.54, 1.807) is 4.90 Å². The van der Waals surface area contributed by atoms with Crippen LogP contribution in [0.3, 0.4) is 0 Å². The fraction of sp³-hybridized carbons (Fsp3) is 0.833. The van der Waals surface area contributed by atoms with Crippen LogP contribution in [0, 0.1) is 0 Å². The van der Waals surface area contributed by atoms with Gasteiger partial charge < -0.3 is 20.4 Å². The minimum atomic E-state index is -0.910. The van der Waals surface area contributed by atoms with Gasteiger partial charge in [-0.05, 0) is 19.3 Å². The maximum atomic E-state index is 11.9. The quantitative estimate of drug-likeness (QED) is 0.680. The van der Waals surface area contributed by atoms with Crippen LogP contribution in [-0.4, -0.2) is 52.3 Å². The highest BCUT2D eigenvalue weighted by atomic mass is 16.4. The van der Waals surface area contributed by atoms with Crippen molar-refractivity contribution in [1.29, 1.82) is 0 Å². The van der Waals surface area contributed by atoms with E-state index in [9.17, 15) is 14.7 Å². The van der Waals surface area contributed by atoms with E-state index in [4.69, 9.17) is 5.11 Å². The molecule has 0 aromatic carbocycles. The third-order valence-corrected chi connectivity index (χ3v) is 3.07. The molecule has 2 amide bonds. The number of rotatable bonds is 5. The summed E-state index contributed by atoms with van der Waals surface area (Å²) >= 11 is 0. The van der Waals surface area contributed by atoms with E-state index in [0.29, 0.717) is 19.5 Å². The number of hydrogen-bond acceptors (Lipinski definition) is 3. The maximum absolute atomic E-state index is 11.9. The molecule has 1 heterocycles. The summed E-state index contributed by atoms with van der Waals surface area (Å²) < 4.78 is 0. The lowest BCUT2D eigenvalue weighted by atomic mass is 10.1. The molecule has 3 N–H and O–H groups in total. The monoisotopic (exact) mass is 258 g/mol. The van der Waals surface area contributed by atoms with Gasteiger partial charge in [-0.1, -0.05) is 13.3 Å². The molecule has 6 heteroatoms. The van der Waals surface area contributed by atoms with Gasteiger partial charge in [-0.2, -0.15) is 0 Å². The molecule has 2 unspecified atom stereocenters. The number of carbonyl (C=O) groups is 2. The zero-order chi connectivity index (χ0) is 13.5. The third kappa shape index (κ3) is 4.91. The summed E-state index contributed by atoms with van der Waals surface area (Å²) in [4.78, 5) is 24.2. The summed E-state index contributed by atoms with van der Waals surface area (Å²) in [6, 6.07) is -0.604. The van der Waals surface area contributed by atoms with Crippen molar-refractivity contribution in [1.82, 2.24) is 10.2 Å². The second-order valence-electron chi connectivity index (χ2n) is 4.78. The van der Waals surface area contributed by atoms with E-state index in [1.807, 2.05) is 6.92 Å². The number of nitrogens with zero attached hydrogens (tertiary/aromatic N) is 1. The first-order valence-corrected chi connectivity index (χ1v) is 6.48. The number of aliphatic hydroxyl groups excluding tert-OH is 1. The second-order valence-corrected chi connectivity index (χ2v) is 4.78. The van der Waals surface area contributed by atoms with Crippen LogP contribution < -0.4 is 5.32 Å². The fourth-order valence-electron chi connectivity index (χ4n) is 2.19. The van der Waals surface area contributed by atoms with Crippen LogP contribution >= 0.6 is 0 Å². The predicted molar refractivity (Wildman–Crippen MR) is 66.3 cm³/mol. The summed E-state index contributed by atoms with van der Waals surface area (Å²) in [7, 11) is 0. The summed E-state index contributed by atoms with van der Waals surface area (Å²) in [6.07, 6.45) is 2.45. The average molecular weight is 258 g/mol. The zero-order valence-corrected chi connectivity index (χ0v) is 10.8. The first-order chi connectivity index (χ1) is 8.52. The van der Waals surface area contributed by atoms with E-state index in [-0.39, 0.29) is 18.5 Å². The van der Waals surface area contributed by atoms with Crippen LogP contribution in [0.1, 0.15) is 39.0 Å². The van der Waals surface area contributed by atoms with Crippen LogP contribution in [0.2, 0.25) is 0 Å². The smallest absolute Gasteiger partial charge is 0.317 e. The normalized spacial score (nSPS) is 21.4. The Kier molecular flexibility index (Phi) is 5.91. The SMILES string of the molecule is CCCC(CC(=O)O)NC(=O)N1CCCC(O)C1. The lowest BCUT2D eigenvalue weighted by Crippen LogP contribution is -2.50. The average Bonchev–Trinajstić information content (AvgIpc) is 2.28. The largest absolute Gasteiger partial charge is 0.481 e. The predicted octanol–water partition coefficient (Wildman–Crippen LogP) is 0.796. The van der Waals surface area contributed by atoms with Gasteiger partial charge in [0.25, 0.3) is 0 Å². The highest BCUT2D eigenvalue weighted by Gasteiger charge is 2.24. The molecule has 0 radical (unpaired) electrons. The molecule has 0 spiro atoms. The Labute approximate surface area is 107 Å². The van der Waals surface area contributed by atoms with Crippen molar-refractivity contribution in [2.24, 2.45) is 0 Å². The third-order valence-electron chi connectivity index (χ3n) is 3.07. The van der Waals surface area contributed by atoms with Crippen molar-refractivity contribution in [3.63, 3.8) is 0 Å². The molecule has 1 saturated heterocycles. The van der Waals surface area contributed by atoms with E-state index in [0.717, 1.165) is 19.3 Å². The van der Waals surface area contributed by atoms with Gasteiger partial charge in [-0.25, -0.2) is 4.79 Å². The molecular formula is C12H22N2O4. The molecule has 0 aliphatic carbocycles. The van der Waals surface area contributed by atoms with Crippen molar-refractivity contribution in [2.45, 2.75) is 51.2 Å². The number of urea groups is 1. The second kappa shape index (κ2) is 7.20. The molecule has 0 bridgehead atoms. The molecule has 2 atom stereocenters. The van der Waals surface area contributed by atoms with Gasteiger partial charge in [0.05, 0.1) is 12.5 Å². The van der Waals surface area contributed by atoms with Gasteiger partial charge in [0.1, 0.15) is 0 Å². The van der Waals surface area contributed by atoms with Gasteiger partial charge in [0.2, 0.25) is 0 Å². The van der Waals surface area contributed by atoms with Crippen LogP contribution in [0.4, 0.5) is 4.79 Å². The molecule has 1 aliphatic rings. The zero-order valence-electron chi connectivity index (χ0n) is 10.8. The number of carboxylic acid groups (broad SMARTS) is 1. The van der Waals surface area contributed by atoms with Crippen molar-refractivity contribution >= 4 is 12.0 Å². The number of carbonyl (C=O) groups excluding carboxylic acids is 1. The molecule has 0 aromatic rings. The molecule has 6 nitrogen and oxygen atoms in total. The Morgan fingerprint density at radius 2 is 2.22 bits per heavy atom. The van der Waals surface area contributed by atoms with Crippen molar-refractivity contribution in [3.8, 4) is 0 Å². The van der Waals surface area contributed by atoms with Crippen LogP contribution in [-0.2, 0) is 4.79 Å². The Hall–Kier alpha value is -1.30. The first kappa shape index (κ1) is 14.8. The lowest BCUT2D eigenvalue weighted by molar-refractivity contribution is -0.137. The highest BCUT2D eigenvalue weighted by molar-refractivity contribution is 5.76. The van der Waals surface area contributed by atoms with Crippen LogP contribution in [0.25, 0.3) is 0 Å². The molecular weight excluding hydrogens is 236 g/mol. The van der Waals surface area contributed by atoms with Crippen molar-refractivity contribution in [2.75, 3.05) is 13.1 Å². The molecule has 104 valence electrons. The molecule has 0 saturated carbocycles. The topological polar surface area (TPSA) is 89.9 Å². The summed E-state index contributed by atoms with van der Waals surface area (Å²) in [5, 5.41) is 21.0. The number of aliphatic carboxylic acids is 1. The Morgan fingerprint density at radius 3 is 2.78 bits per heavy atom. The van der Waals surface area contributed by atoms with Gasteiger partial charge >= 0.3 is 12.0 Å². The fourth-order valence-corrected chi connectivity index (χ4v) is 2.19. The van der Waals surface area contributed by atoms with E-state index >= 15 is 0 Å². The van der Waals surface area contributed by atoms with Gasteiger partial charge in [0.15, 0.2) is 0 Å². The maximum Gasteiger partial charge on any atom is 0.317 e. The number of piperidine rings is 1. The van der Waals surface area contributed by atoms with E-state index < -0.39 is 12.1 Å². The number of carboxylic acids is 1. The number of hydrogen-bond donors (Lipinski definition) is 3. The molecule has 1 fully saturated rings. The van der Waals surface area contributed by atoms with E-state index in [2.05, 4.69) is 5.32 Å². The Morgan fingerprint density at radius 1 is 1.50 bits per heavy atom. The van der Waals surface area contributed by atoms with Crippen LogP contribution in [0.15, 0.2) is 0 Å². The standard InChI is InChI=1S/C12H22N2O4/c1-2-4-9(7-11(16)17)13-12(18)14-6-3-5-10(15)8-14/h9-10,15H,2-8H2,1H3,(H,13,18)(H,16,17). The molecule has 18 heavy (non-hydrogen) atoms. The number of nitrogens with one attached hydrogen (secondary N) is 1. The summed E-state index contributed by atoms with van der Waals surface area (Å²) in [5.74, 6) is -0.910. The summed E-state index contributed by atoms with van der Waals surface area (Å²) in [6.45, 7) is 2.90. The van der Waals surface area contributed by atoms with Gasteiger partial charge in [0, 0.05) is 19.1 Å². The highest BCUT2D eigenvalue weighted by Crippen LogP contribution is 2.11. The number of β-amino-alcohol motifs (C(OH)–C–C–N with tert-alkyl or cyclic N) is 1. The minimum Gasteiger partial charge on any atom is -0.481 e. The number of aliphatic hydroxyl groups is 1.